The molecular formula is C55H36N2O. The monoisotopic (exact) mass is 740 g/mol. The van der Waals surface area contributed by atoms with Crippen molar-refractivity contribution in [3.63, 3.8) is 0 Å². The number of aromatic nitrogens is 2. The van der Waals surface area contributed by atoms with Gasteiger partial charge in [0.2, 0.25) is 0 Å². The Bertz CT molecular complexity index is 3270. The third-order valence-electron chi connectivity index (χ3n) is 12.1. The Morgan fingerprint density at radius 2 is 1.19 bits per heavy atom. The normalized spacial score (nSPS) is 12.9. The SMILES string of the molecule is c1ccc2c(c#1)-c1c(cccc1-n1c3c(c4cc(-c5ccc6c(c5)c5ccccc5n6-c5cccc(-c6ccc(-c7ccccc7)cc6)c5)ccc41)C=CCC3)OC2. The molecule has 2 aliphatic rings. The fourth-order valence-electron chi connectivity index (χ4n) is 9.41. The van der Waals surface area contributed by atoms with E-state index in [0.717, 1.165) is 46.7 Å². The molecule has 0 bridgehead atoms. The van der Waals surface area contributed by atoms with Crippen molar-refractivity contribution in [1.82, 2.24) is 9.13 Å². The van der Waals surface area contributed by atoms with Gasteiger partial charge in [-0.2, -0.15) is 0 Å². The zero-order chi connectivity index (χ0) is 38.2. The number of rotatable bonds is 5. The first-order valence-corrected chi connectivity index (χ1v) is 20.1. The molecule has 0 atom stereocenters. The summed E-state index contributed by atoms with van der Waals surface area (Å²) in [7, 11) is 0. The summed E-state index contributed by atoms with van der Waals surface area (Å²) in [6, 6.07) is 68.2. The number of benzene rings is 7. The number of ether oxygens (including phenoxy) is 1. The number of hydrogen-bond acceptors (Lipinski definition) is 1. The second-order valence-electron chi connectivity index (χ2n) is 15.4. The van der Waals surface area contributed by atoms with Crippen LogP contribution in [-0.2, 0) is 13.0 Å². The highest BCUT2D eigenvalue weighted by molar-refractivity contribution is 6.11. The number of fused-ring (bicyclic) bond motifs is 9. The Labute approximate surface area is 337 Å². The summed E-state index contributed by atoms with van der Waals surface area (Å²) in [5.74, 6) is 0.899. The summed E-state index contributed by atoms with van der Waals surface area (Å²) < 4.78 is 11.2. The lowest BCUT2D eigenvalue weighted by Crippen LogP contribution is -2.10. The quantitative estimate of drug-likeness (QED) is 0.172. The third-order valence-corrected chi connectivity index (χ3v) is 12.1. The van der Waals surface area contributed by atoms with Crippen molar-refractivity contribution in [1.29, 1.82) is 0 Å². The second-order valence-corrected chi connectivity index (χ2v) is 15.4. The summed E-state index contributed by atoms with van der Waals surface area (Å²) in [5.41, 5.74) is 19.1. The van der Waals surface area contributed by atoms with Crippen LogP contribution in [0.2, 0.25) is 0 Å². The molecule has 0 radical (unpaired) electrons. The van der Waals surface area contributed by atoms with Gasteiger partial charge in [-0.1, -0.05) is 127 Å². The zero-order valence-corrected chi connectivity index (χ0v) is 31.7. The van der Waals surface area contributed by atoms with Crippen LogP contribution in [0.15, 0.2) is 176 Å². The first-order chi connectivity index (χ1) is 28.8. The maximum Gasteiger partial charge on any atom is 0.130 e. The molecule has 0 unspecified atom stereocenters. The molecule has 0 N–H and O–H groups in total. The molecule has 10 aromatic rings. The van der Waals surface area contributed by atoms with E-state index in [9.17, 15) is 0 Å². The topological polar surface area (TPSA) is 19.1 Å². The van der Waals surface area contributed by atoms with E-state index in [1.807, 2.05) is 6.07 Å². The van der Waals surface area contributed by atoms with Crippen LogP contribution in [-0.4, -0.2) is 9.13 Å². The largest absolute Gasteiger partial charge is 0.488 e. The lowest BCUT2D eigenvalue weighted by atomic mass is 9.96. The Morgan fingerprint density at radius 3 is 2.05 bits per heavy atom. The highest BCUT2D eigenvalue weighted by atomic mass is 16.5. The van der Waals surface area contributed by atoms with Gasteiger partial charge in [0, 0.05) is 44.2 Å². The molecule has 1 aliphatic carbocycles. The number of hydrogen-bond donors (Lipinski definition) is 0. The lowest BCUT2D eigenvalue weighted by molar-refractivity contribution is 0.302. The van der Waals surface area contributed by atoms with Gasteiger partial charge in [-0.15, -0.1) is 0 Å². The number of para-hydroxylation sites is 1. The Hall–Kier alpha value is -7.54. The molecule has 0 spiro atoms. The van der Waals surface area contributed by atoms with Gasteiger partial charge in [-0.05, 0) is 113 Å². The Kier molecular flexibility index (Phi) is 7.33. The molecule has 0 fully saturated rings. The van der Waals surface area contributed by atoms with Gasteiger partial charge in [0.1, 0.15) is 12.4 Å². The van der Waals surface area contributed by atoms with Gasteiger partial charge in [0.25, 0.3) is 0 Å². The van der Waals surface area contributed by atoms with E-state index in [-0.39, 0.29) is 0 Å². The van der Waals surface area contributed by atoms with E-state index >= 15 is 0 Å². The summed E-state index contributed by atoms with van der Waals surface area (Å²) in [6.45, 7) is 0.549. The van der Waals surface area contributed by atoms with Gasteiger partial charge in [0.15, 0.2) is 0 Å². The molecule has 272 valence electrons. The molecule has 58 heavy (non-hydrogen) atoms. The molecule has 3 heterocycles. The maximum absolute atomic E-state index is 6.30. The average molecular weight is 741 g/mol. The third kappa shape index (κ3) is 5.09. The van der Waals surface area contributed by atoms with Crippen LogP contribution in [0.3, 0.4) is 0 Å². The zero-order valence-electron chi connectivity index (χ0n) is 31.7. The van der Waals surface area contributed by atoms with Crippen molar-refractivity contribution in [2.75, 3.05) is 0 Å². The highest BCUT2D eigenvalue weighted by Crippen LogP contribution is 2.45. The molecule has 2 aromatic heterocycles. The molecule has 12 rings (SSSR count). The predicted molar refractivity (Wildman–Crippen MR) is 239 cm³/mol. The maximum atomic E-state index is 6.30. The van der Waals surface area contributed by atoms with Gasteiger partial charge >= 0.3 is 0 Å². The highest BCUT2D eigenvalue weighted by Gasteiger charge is 2.26. The first-order valence-electron chi connectivity index (χ1n) is 20.1. The van der Waals surface area contributed by atoms with Gasteiger partial charge in [0.05, 0.1) is 27.8 Å². The molecule has 3 nitrogen and oxygen atoms in total. The van der Waals surface area contributed by atoms with E-state index in [1.54, 1.807) is 0 Å². The van der Waals surface area contributed by atoms with E-state index < -0.39 is 0 Å². The van der Waals surface area contributed by atoms with Crippen LogP contribution in [0.1, 0.15) is 23.2 Å². The molecule has 0 amide bonds. The first kappa shape index (κ1) is 32.7. The van der Waals surface area contributed by atoms with Crippen molar-refractivity contribution in [3.8, 4) is 61.6 Å². The Balaban J connectivity index is 0.968. The standard InChI is InChI=1S/C55H36N2O/c1-2-12-36(13-3-1)37-24-26-38(27-25-37)39-15-10-16-43(32-39)56-49-20-8-6-18-45(49)47-33-40(28-30-51(47)56)41-29-31-52-48(34-41)46-19-7-9-21-50(46)57(52)53-22-11-23-54-55(53)44-17-5-4-14-42(44)35-58-54/h1-4,6-8,10-16,18-20,22-34H,9,21,35H2. The molecular weight excluding hydrogens is 705 g/mol. The van der Waals surface area contributed by atoms with Crippen molar-refractivity contribution in [2.45, 2.75) is 19.4 Å². The summed E-state index contributed by atoms with van der Waals surface area (Å²) in [4.78, 5) is 0. The van der Waals surface area contributed by atoms with E-state index in [4.69, 9.17) is 4.74 Å². The van der Waals surface area contributed by atoms with Crippen molar-refractivity contribution in [3.05, 3.63) is 205 Å². The number of nitrogens with zero attached hydrogens (tertiary/aromatic N) is 2. The van der Waals surface area contributed by atoms with E-state index in [0.29, 0.717) is 6.61 Å². The summed E-state index contributed by atoms with van der Waals surface area (Å²) in [6.07, 6.45) is 6.63. The van der Waals surface area contributed by atoms with Crippen LogP contribution in [0.4, 0.5) is 0 Å². The second kappa shape index (κ2) is 13.0. The minimum Gasteiger partial charge on any atom is -0.488 e. The van der Waals surface area contributed by atoms with Crippen LogP contribution in [0.5, 0.6) is 5.75 Å². The van der Waals surface area contributed by atoms with Crippen molar-refractivity contribution in [2.24, 2.45) is 0 Å². The van der Waals surface area contributed by atoms with Crippen molar-refractivity contribution >= 4 is 38.8 Å². The fraction of sp³-hybridized carbons (Fsp3) is 0.0545. The number of allylic oxidation sites excluding steroid dienone is 1. The van der Waals surface area contributed by atoms with Crippen LogP contribution < -0.4 is 4.74 Å². The minimum absolute atomic E-state index is 0.549. The summed E-state index contributed by atoms with van der Waals surface area (Å²) in [5, 5.41) is 3.75. The van der Waals surface area contributed by atoms with Crippen LogP contribution in [0, 0.1) is 12.1 Å². The van der Waals surface area contributed by atoms with Gasteiger partial charge in [-0.3, -0.25) is 0 Å². The van der Waals surface area contributed by atoms with Gasteiger partial charge < -0.3 is 13.9 Å². The molecule has 8 aromatic carbocycles. The van der Waals surface area contributed by atoms with Gasteiger partial charge in [-0.25, -0.2) is 0 Å². The van der Waals surface area contributed by atoms with E-state index in [1.165, 1.54) is 77.3 Å². The average Bonchev–Trinajstić information content (AvgIpc) is 3.81. The Morgan fingerprint density at radius 1 is 0.517 bits per heavy atom. The fourth-order valence-corrected chi connectivity index (χ4v) is 9.41. The van der Waals surface area contributed by atoms with Crippen molar-refractivity contribution < 1.29 is 4.74 Å². The van der Waals surface area contributed by atoms with Crippen LogP contribution >= 0.6 is 0 Å². The minimum atomic E-state index is 0.549. The lowest BCUT2D eigenvalue weighted by Gasteiger charge is -2.24. The van der Waals surface area contributed by atoms with E-state index in [2.05, 4.69) is 197 Å². The van der Waals surface area contributed by atoms with Crippen LogP contribution in [0.25, 0.3) is 94.7 Å². The smallest absolute Gasteiger partial charge is 0.130 e. The summed E-state index contributed by atoms with van der Waals surface area (Å²) >= 11 is 0. The molecule has 3 heteroatoms. The molecule has 1 aliphatic heterocycles. The molecule has 0 saturated heterocycles. The predicted octanol–water partition coefficient (Wildman–Crippen LogP) is 13.8. The molecule has 0 saturated carbocycles.